The zero-order valence-corrected chi connectivity index (χ0v) is 8.69. The maximum absolute atomic E-state index is 13.3. The third-order valence-corrected chi connectivity index (χ3v) is 2.13. The third kappa shape index (κ3) is 2.47. The van der Waals surface area contributed by atoms with Gasteiger partial charge in [-0.2, -0.15) is 0 Å². The normalized spacial score (nSPS) is 10.0. The first-order chi connectivity index (χ1) is 8.18. The number of rotatable bonds is 2. The van der Waals surface area contributed by atoms with Gasteiger partial charge in [-0.05, 0) is 24.3 Å². The highest BCUT2D eigenvalue weighted by Gasteiger charge is 2.16. The Morgan fingerprint density at radius 1 is 0.941 bits per heavy atom. The molecule has 0 bridgehead atoms. The Labute approximate surface area is 96.5 Å². The lowest BCUT2D eigenvalue weighted by Gasteiger charge is -2.04. The minimum atomic E-state index is -1.20. The summed E-state index contributed by atoms with van der Waals surface area (Å²) in [5.74, 6) is -2.92. The average Bonchev–Trinajstić information content (AvgIpc) is 2.34. The van der Waals surface area contributed by atoms with Crippen molar-refractivity contribution in [2.45, 2.75) is 0 Å². The summed E-state index contributed by atoms with van der Waals surface area (Å²) in [5.41, 5.74) is -0.422. The maximum atomic E-state index is 13.3. The molecule has 0 spiro atoms. The molecule has 0 atom stereocenters. The van der Waals surface area contributed by atoms with Crippen LogP contribution in [0.2, 0.25) is 0 Å². The van der Waals surface area contributed by atoms with Gasteiger partial charge in [0, 0.05) is 0 Å². The van der Waals surface area contributed by atoms with Crippen LogP contribution in [-0.4, -0.2) is 5.97 Å². The lowest BCUT2D eigenvalue weighted by Crippen LogP contribution is -2.11. The van der Waals surface area contributed by atoms with Gasteiger partial charge in [0.05, 0.1) is 5.56 Å². The standard InChI is InChI=1S/C13H8F2O2/c14-11-8-4-7-10(12(11)15)13(16)17-9-5-2-1-3-6-9/h1-8H. The van der Waals surface area contributed by atoms with Crippen LogP contribution in [0.15, 0.2) is 48.5 Å². The molecule has 0 aliphatic carbocycles. The molecule has 2 nitrogen and oxygen atoms in total. The van der Waals surface area contributed by atoms with Gasteiger partial charge in [-0.15, -0.1) is 0 Å². The Morgan fingerprint density at radius 3 is 2.35 bits per heavy atom. The van der Waals surface area contributed by atoms with Gasteiger partial charge < -0.3 is 4.74 Å². The van der Waals surface area contributed by atoms with Crippen molar-refractivity contribution in [1.29, 1.82) is 0 Å². The molecule has 0 heterocycles. The van der Waals surface area contributed by atoms with E-state index in [2.05, 4.69) is 0 Å². The van der Waals surface area contributed by atoms with Crippen LogP contribution < -0.4 is 4.74 Å². The predicted octanol–water partition coefficient (Wildman–Crippen LogP) is 3.18. The van der Waals surface area contributed by atoms with Crippen molar-refractivity contribution in [1.82, 2.24) is 0 Å². The van der Waals surface area contributed by atoms with E-state index in [1.54, 1.807) is 30.3 Å². The summed E-state index contributed by atoms with van der Waals surface area (Å²) >= 11 is 0. The number of ether oxygens (including phenoxy) is 1. The topological polar surface area (TPSA) is 26.3 Å². The van der Waals surface area contributed by atoms with Crippen molar-refractivity contribution in [3.05, 3.63) is 65.7 Å². The van der Waals surface area contributed by atoms with Crippen molar-refractivity contribution in [3.63, 3.8) is 0 Å². The molecule has 0 aliphatic rings. The Hall–Kier alpha value is -2.23. The van der Waals surface area contributed by atoms with Crippen molar-refractivity contribution in [2.75, 3.05) is 0 Å². The Morgan fingerprint density at radius 2 is 1.65 bits per heavy atom. The average molecular weight is 234 g/mol. The van der Waals surface area contributed by atoms with Crippen molar-refractivity contribution in [2.24, 2.45) is 0 Å². The summed E-state index contributed by atoms with van der Waals surface area (Å²) in [6.45, 7) is 0. The van der Waals surface area contributed by atoms with E-state index in [1.165, 1.54) is 12.1 Å². The summed E-state index contributed by atoms with van der Waals surface area (Å²) in [6, 6.07) is 11.6. The molecule has 2 aromatic carbocycles. The highest BCUT2D eigenvalue weighted by atomic mass is 19.2. The fraction of sp³-hybridized carbons (Fsp3) is 0. The molecule has 0 aliphatic heterocycles. The summed E-state index contributed by atoms with van der Waals surface area (Å²) in [6.07, 6.45) is 0. The monoisotopic (exact) mass is 234 g/mol. The summed E-state index contributed by atoms with van der Waals surface area (Å²) < 4.78 is 31.1. The molecule has 0 aromatic heterocycles. The molecule has 0 unspecified atom stereocenters. The molecular formula is C13H8F2O2. The fourth-order valence-corrected chi connectivity index (χ4v) is 1.31. The number of hydrogen-bond acceptors (Lipinski definition) is 2. The molecule has 0 radical (unpaired) electrons. The van der Waals surface area contributed by atoms with Gasteiger partial charge in [0.15, 0.2) is 11.6 Å². The van der Waals surface area contributed by atoms with E-state index in [9.17, 15) is 13.6 Å². The molecule has 86 valence electrons. The largest absolute Gasteiger partial charge is 0.423 e. The Balaban J connectivity index is 2.24. The summed E-state index contributed by atoms with van der Waals surface area (Å²) in [5, 5.41) is 0. The van der Waals surface area contributed by atoms with Gasteiger partial charge in [-0.3, -0.25) is 0 Å². The number of carbonyl (C=O) groups excluding carboxylic acids is 1. The lowest BCUT2D eigenvalue weighted by molar-refractivity contribution is 0.0728. The van der Waals surface area contributed by atoms with E-state index in [1.807, 2.05) is 0 Å². The second kappa shape index (κ2) is 4.74. The van der Waals surface area contributed by atoms with E-state index in [4.69, 9.17) is 4.74 Å². The first kappa shape index (κ1) is 11.3. The van der Waals surface area contributed by atoms with Gasteiger partial charge in [0.25, 0.3) is 0 Å². The third-order valence-electron chi connectivity index (χ3n) is 2.13. The molecular weight excluding hydrogens is 226 g/mol. The van der Waals surface area contributed by atoms with Gasteiger partial charge >= 0.3 is 5.97 Å². The Kier molecular flexibility index (Phi) is 3.14. The highest BCUT2D eigenvalue weighted by molar-refractivity contribution is 5.91. The van der Waals surface area contributed by atoms with E-state index in [0.29, 0.717) is 0 Å². The minimum absolute atomic E-state index is 0.279. The lowest BCUT2D eigenvalue weighted by atomic mass is 10.2. The molecule has 4 heteroatoms. The molecule has 0 saturated heterocycles. The van der Waals surface area contributed by atoms with Crippen molar-refractivity contribution in [3.8, 4) is 5.75 Å². The second-order valence-electron chi connectivity index (χ2n) is 3.30. The van der Waals surface area contributed by atoms with Crippen LogP contribution in [-0.2, 0) is 0 Å². The molecule has 2 rings (SSSR count). The van der Waals surface area contributed by atoms with Crippen molar-refractivity contribution < 1.29 is 18.3 Å². The van der Waals surface area contributed by atoms with Crippen LogP contribution in [0.25, 0.3) is 0 Å². The smallest absolute Gasteiger partial charge is 0.346 e. The number of carbonyl (C=O) groups is 1. The van der Waals surface area contributed by atoms with E-state index < -0.39 is 23.2 Å². The number of esters is 1. The van der Waals surface area contributed by atoms with Crippen LogP contribution in [0.4, 0.5) is 8.78 Å². The van der Waals surface area contributed by atoms with Crippen LogP contribution in [0.1, 0.15) is 10.4 Å². The molecule has 0 N–H and O–H groups in total. The zero-order valence-electron chi connectivity index (χ0n) is 8.69. The molecule has 0 saturated carbocycles. The Bertz CT molecular complexity index is 538. The minimum Gasteiger partial charge on any atom is -0.423 e. The van der Waals surface area contributed by atoms with Gasteiger partial charge in [-0.25, -0.2) is 13.6 Å². The molecule has 2 aromatic rings. The van der Waals surface area contributed by atoms with E-state index >= 15 is 0 Å². The molecule has 17 heavy (non-hydrogen) atoms. The van der Waals surface area contributed by atoms with Gasteiger partial charge in [-0.1, -0.05) is 24.3 Å². The van der Waals surface area contributed by atoms with Crippen LogP contribution in [0.3, 0.4) is 0 Å². The van der Waals surface area contributed by atoms with Crippen LogP contribution in [0, 0.1) is 11.6 Å². The highest BCUT2D eigenvalue weighted by Crippen LogP contribution is 2.15. The van der Waals surface area contributed by atoms with Crippen LogP contribution in [0.5, 0.6) is 5.75 Å². The van der Waals surface area contributed by atoms with E-state index in [-0.39, 0.29) is 5.75 Å². The fourth-order valence-electron chi connectivity index (χ4n) is 1.31. The number of para-hydroxylation sites is 1. The number of benzene rings is 2. The number of halogens is 2. The van der Waals surface area contributed by atoms with Gasteiger partial charge in [0.1, 0.15) is 5.75 Å². The quantitative estimate of drug-likeness (QED) is 0.589. The van der Waals surface area contributed by atoms with Crippen molar-refractivity contribution >= 4 is 5.97 Å². The predicted molar refractivity (Wildman–Crippen MR) is 57.8 cm³/mol. The second-order valence-corrected chi connectivity index (χ2v) is 3.30. The first-order valence-corrected chi connectivity index (χ1v) is 4.90. The number of hydrogen-bond donors (Lipinski definition) is 0. The van der Waals surface area contributed by atoms with Crippen LogP contribution >= 0.6 is 0 Å². The van der Waals surface area contributed by atoms with E-state index in [0.717, 1.165) is 6.07 Å². The zero-order chi connectivity index (χ0) is 12.3. The molecule has 0 amide bonds. The van der Waals surface area contributed by atoms with Gasteiger partial charge in [0.2, 0.25) is 0 Å². The SMILES string of the molecule is O=C(Oc1ccccc1)c1cccc(F)c1F. The molecule has 0 fully saturated rings. The first-order valence-electron chi connectivity index (χ1n) is 4.90. The summed E-state index contributed by atoms with van der Waals surface area (Å²) in [7, 11) is 0. The summed E-state index contributed by atoms with van der Waals surface area (Å²) in [4.78, 5) is 11.6. The maximum Gasteiger partial charge on any atom is 0.346 e.